The van der Waals surface area contributed by atoms with Crippen molar-refractivity contribution in [3.63, 3.8) is 0 Å². The molecule has 5 nitrogen and oxygen atoms in total. The molecule has 0 aromatic rings. The largest absolute Gasteiger partial charge is 0.422 e. The van der Waals surface area contributed by atoms with Crippen LogP contribution in [0.4, 0.5) is 0 Å². The molecule has 0 saturated heterocycles. The molecule has 0 N–H and O–H groups in total. The molecule has 14 heavy (non-hydrogen) atoms. The summed E-state index contributed by atoms with van der Waals surface area (Å²) in [6, 6.07) is 0. The van der Waals surface area contributed by atoms with E-state index in [1.807, 2.05) is 0 Å². The summed E-state index contributed by atoms with van der Waals surface area (Å²) in [5.41, 5.74) is 0. The number of halogens is 3. The van der Waals surface area contributed by atoms with Crippen molar-refractivity contribution >= 4 is 58.1 Å². The van der Waals surface area contributed by atoms with Crippen LogP contribution in [-0.2, 0) is 29.3 Å². The Balaban J connectivity index is 3.96. The van der Waals surface area contributed by atoms with E-state index < -0.39 is 33.5 Å². The Kier molecular flexibility index (Phi) is 5.73. The molecule has 0 rings (SSSR count). The number of hydrogen-bond acceptors (Lipinski definition) is 5. The monoisotopic (exact) mass is 282 g/mol. The van der Waals surface area contributed by atoms with Crippen molar-refractivity contribution in [3.8, 4) is 0 Å². The van der Waals surface area contributed by atoms with Crippen LogP contribution < -0.4 is 0 Å². The molecule has 82 valence electrons. The van der Waals surface area contributed by atoms with E-state index in [4.69, 9.17) is 34.8 Å². The summed E-state index contributed by atoms with van der Waals surface area (Å²) in [7, 11) is 0. The van der Waals surface area contributed by atoms with Gasteiger partial charge in [-0.3, -0.25) is 9.59 Å². The Bertz CT molecular complexity index is 261. The van der Waals surface area contributed by atoms with Crippen molar-refractivity contribution in [1.82, 2.24) is 0 Å². The highest BCUT2D eigenvalue weighted by molar-refractivity contribution is 7.76. The third-order valence-electron chi connectivity index (χ3n) is 0.691. The van der Waals surface area contributed by atoms with E-state index in [1.54, 1.807) is 0 Å². The minimum Gasteiger partial charge on any atom is -0.335 e. The fourth-order valence-corrected chi connectivity index (χ4v) is 1.15. The van der Waals surface area contributed by atoms with Crippen LogP contribution in [-0.4, -0.2) is 19.9 Å². The lowest BCUT2D eigenvalue weighted by Gasteiger charge is -2.08. The first-order valence-electron chi connectivity index (χ1n) is 3.09. The number of carbonyl (C=O) groups is 2. The summed E-state index contributed by atoms with van der Waals surface area (Å²) in [6.07, 6.45) is -0.593. The van der Waals surface area contributed by atoms with Crippen LogP contribution in [0.3, 0.4) is 0 Å². The summed E-state index contributed by atoms with van der Waals surface area (Å²) >= 11 is 13.2. The van der Waals surface area contributed by atoms with Gasteiger partial charge in [-0.15, -0.1) is 0 Å². The van der Waals surface area contributed by atoms with E-state index in [2.05, 4.69) is 8.37 Å². The van der Waals surface area contributed by atoms with Crippen molar-refractivity contribution in [2.24, 2.45) is 0 Å². The van der Waals surface area contributed by atoms with E-state index in [-0.39, 0.29) is 0 Å². The quantitative estimate of drug-likeness (QED) is 0.733. The molecule has 0 aliphatic rings. The van der Waals surface area contributed by atoms with Crippen LogP contribution in [0.15, 0.2) is 0 Å². The molecule has 0 spiro atoms. The first kappa shape index (κ1) is 14.0. The van der Waals surface area contributed by atoms with Crippen LogP contribution >= 0.6 is 34.8 Å². The van der Waals surface area contributed by atoms with Crippen molar-refractivity contribution in [2.75, 3.05) is 0 Å². The fraction of sp³-hybridized carbons (Fsp3) is 0.600. The van der Waals surface area contributed by atoms with Crippen LogP contribution in [0.1, 0.15) is 13.3 Å². The van der Waals surface area contributed by atoms with E-state index in [9.17, 15) is 13.8 Å². The van der Waals surface area contributed by atoms with Crippen LogP contribution in [0, 0.1) is 0 Å². The average molecular weight is 284 g/mol. The minimum atomic E-state index is -2.49. The SMILES string of the molecule is CC(=O)OS(=O)OC(=O)CC(Cl)(Cl)Cl. The molecule has 0 fully saturated rings. The van der Waals surface area contributed by atoms with Gasteiger partial charge in [-0.2, -0.15) is 4.21 Å². The Morgan fingerprint density at radius 3 is 2.14 bits per heavy atom. The van der Waals surface area contributed by atoms with Crippen molar-refractivity contribution < 1.29 is 22.2 Å². The van der Waals surface area contributed by atoms with Crippen molar-refractivity contribution in [1.29, 1.82) is 0 Å². The van der Waals surface area contributed by atoms with Gasteiger partial charge in [0.15, 0.2) is 0 Å². The zero-order valence-corrected chi connectivity index (χ0v) is 9.87. The van der Waals surface area contributed by atoms with E-state index in [0.29, 0.717) is 0 Å². The maximum atomic E-state index is 10.8. The second kappa shape index (κ2) is 5.75. The summed E-state index contributed by atoms with van der Waals surface area (Å²) in [6.45, 7) is 1.00. The first-order valence-corrected chi connectivity index (χ1v) is 5.22. The smallest absolute Gasteiger partial charge is 0.335 e. The molecule has 0 bridgehead atoms. The van der Waals surface area contributed by atoms with Gasteiger partial charge in [0, 0.05) is 6.92 Å². The standard InChI is InChI=1S/C5H5Cl3O5S/c1-3(9)12-14(11)13-4(10)2-5(6,7)8/h2H2,1H3. The number of alkyl halides is 3. The van der Waals surface area contributed by atoms with Crippen LogP contribution in [0.2, 0.25) is 0 Å². The summed E-state index contributed by atoms with van der Waals surface area (Å²) in [4.78, 5) is 21.0. The Labute approximate surface area is 97.5 Å². The number of carbonyl (C=O) groups excluding carboxylic acids is 2. The highest BCUT2D eigenvalue weighted by Gasteiger charge is 2.27. The van der Waals surface area contributed by atoms with Gasteiger partial charge in [0.2, 0.25) is 3.79 Å². The van der Waals surface area contributed by atoms with E-state index in [0.717, 1.165) is 6.92 Å². The molecule has 0 amide bonds. The fourth-order valence-electron chi connectivity index (χ4n) is 0.382. The molecule has 0 aliphatic heterocycles. The summed E-state index contributed by atoms with van der Waals surface area (Å²) < 4.78 is 16.9. The predicted molar refractivity (Wildman–Crippen MR) is 50.9 cm³/mol. The first-order chi connectivity index (χ1) is 6.20. The molecule has 0 aromatic heterocycles. The zero-order chi connectivity index (χ0) is 11.4. The van der Waals surface area contributed by atoms with Crippen molar-refractivity contribution in [2.45, 2.75) is 17.1 Å². The van der Waals surface area contributed by atoms with Gasteiger partial charge in [-0.05, 0) is 0 Å². The van der Waals surface area contributed by atoms with Crippen molar-refractivity contribution in [3.05, 3.63) is 0 Å². The molecule has 1 atom stereocenters. The molecule has 0 radical (unpaired) electrons. The van der Waals surface area contributed by atoms with Gasteiger partial charge in [0.1, 0.15) is 0 Å². The molecule has 0 heterocycles. The molecular formula is C5H5Cl3O5S. The average Bonchev–Trinajstić information content (AvgIpc) is 1.77. The van der Waals surface area contributed by atoms with E-state index >= 15 is 0 Å². The molecule has 9 heteroatoms. The van der Waals surface area contributed by atoms with Crippen LogP contribution in [0.5, 0.6) is 0 Å². The topological polar surface area (TPSA) is 69.7 Å². The van der Waals surface area contributed by atoms with Gasteiger partial charge in [0.25, 0.3) is 0 Å². The van der Waals surface area contributed by atoms with Gasteiger partial charge in [0.05, 0.1) is 6.42 Å². The minimum absolute atomic E-state index is 0.593. The van der Waals surface area contributed by atoms with Gasteiger partial charge >= 0.3 is 23.3 Å². The lowest BCUT2D eigenvalue weighted by atomic mass is 10.5. The van der Waals surface area contributed by atoms with E-state index in [1.165, 1.54) is 0 Å². The maximum Gasteiger partial charge on any atom is 0.422 e. The maximum absolute atomic E-state index is 10.8. The highest BCUT2D eigenvalue weighted by atomic mass is 35.6. The lowest BCUT2D eigenvalue weighted by molar-refractivity contribution is -0.135. The Hall–Kier alpha value is -0.0400. The molecular weight excluding hydrogens is 278 g/mol. The Morgan fingerprint density at radius 2 is 1.79 bits per heavy atom. The third-order valence-corrected chi connectivity index (χ3v) is 1.78. The zero-order valence-electron chi connectivity index (χ0n) is 6.79. The normalized spacial score (nSPS) is 13.1. The van der Waals surface area contributed by atoms with Gasteiger partial charge in [-0.25, -0.2) is 0 Å². The number of hydrogen-bond donors (Lipinski definition) is 0. The molecule has 0 aliphatic carbocycles. The van der Waals surface area contributed by atoms with Gasteiger partial charge < -0.3 is 8.37 Å². The molecule has 0 aromatic carbocycles. The molecule has 1 unspecified atom stereocenters. The highest BCUT2D eigenvalue weighted by Crippen LogP contribution is 2.30. The lowest BCUT2D eigenvalue weighted by Crippen LogP contribution is -2.17. The number of rotatable bonds is 3. The third kappa shape index (κ3) is 8.55. The van der Waals surface area contributed by atoms with Gasteiger partial charge in [-0.1, -0.05) is 34.8 Å². The Morgan fingerprint density at radius 1 is 1.29 bits per heavy atom. The summed E-state index contributed by atoms with van der Waals surface area (Å²) in [5, 5.41) is 0. The molecule has 0 saturated carbocycles. The van der Waals surface area contributed by atoms with Crippen LogP contribution in [0.25, 0.3) is 0 Å². The predicted octanol–water partition coefficient (Wildman–Crippen LogP) is 1.43. The second-order valence-electron chi connectivity index (χ2n) is 2.03. The second-order valence-corrected chi connectivity index (χ2v) is 5.28. The summed E-state index contributed by atoms with van der Waals surface area (Å²) in [5.74, 6) is -1.91.